The van der Waals surface area contributed by atoms with Crippen LogP contribution in [0.15, 0.2) is 30.5 Å². The second-order valence-electron chi connectivity index (χ2n) is 4.28. The summed E-state index contributed by atoms with van der Waals surface area (Å²) in [6, 6.07) is 7.47. The number of carbonyl (C=O) groups is 1. The van der Waals surface area contributed by atoms with Crippen LogP contribution in [0.1, 0.15) is 28.5 Å². The van der Waals surface area contributed by atoms with E-state index in [9.17, 15) is 4.79 Å². The number of aromatic nitrogens is 2. The van der Waals surface area contributed by atoms with Crippen molar-refractivity contribution < 1.29 is 4.79 Å². The minimum atomic E-state index is -0.111. The highest BCUT2D eigenvalue weighted by Gasteiger charge is 2.11. The third-order valence-corrected chi connectivity index (χ3v) is 3.23. The molecule has 19 heavy (non-hydrogen) atoms. The van der Waals surface area contributed by atoms with Crippen molar-refractivity contribution in [2.75, 3.05) is 0 Å². The van der Waals surface area contributed by atoms with Crippen LogP contribution in [0.25, 0.3) is 0 Å². The predicted molar refractivity (Wildman–Crippen MR) is 75.3 cm³/mol. The van der Waals surface area contributed by atoms with E-state index in [2.05, 4.69) is 10.4 Å². The number of benzene rings is 1. The van der Waals surface area contributed by atoms with Gasteiger partial charge in [-0.25, -0.2) is 0 Å². The fourth-order valence-electron chi connectivity index (χ4n) is 1.81. The number of hydrogen-bond donors (Lipinski definition) is 1. The van der Waals surface area contributed by atoms with Gasteiger partial charge in [0.1, 0.15) is 5.69 Å². The first-order chi connectivity index (χ1) is 9.11. The Kier molecular flexibility index (Phi) is 4.22. The van der Waals surface area contributed by atoms with Gasteiger partial charge in [-0.2, -0.15) is 5.10 Å². The van der Waals surface area contributed by atoms with Gasteiger partial charge in [-0.3, -0.25) is 9.48 Å². The monoisotopic (exact) mass is 277 g/mol. The summed E-state index contributed by atoms with van der Waals surface area (Å²) in [5.41, 5.74) is 2.31. The van der Waals surface area contributed by atoms with Crippen molar-refractivity contribution in [2.24, 2.45) is 0 Å². The molecule has 0 bridgehead atoms. The molecule has 4 nitrogen and oxygen atoms in total. The smallest absolute Gasteiger partial charge is 0.251 e. The molecule has 1 amide bonds. The molecule has 0 spiro atoms. The molecule has 1 N–H and O–H groups in total. The minimum Gasteiger partial charge on any atom is -0.346 e. The number of halogens is 1. The lowest BCUT2D eigenvalue weighted by Gasteiger charge is -2.06. The highest BCUT2D eigenvalue weighted by atomic mass is 35.5. The Morgan fingerprint density at radius 1 is 1.42 bits per heavy atom. The number of hydrogen-bond acceptors (Lipinski definition) is 2. The number of nitrogens with zero attached hydrogens (tertiary/aromatic N) is 2. The van der Waals surface area contributed by atoms with E-state index in [1.54, 1.807) is 16.9 Å². The second kappa shape index (κ2) is 5.89. The van der Waals surface area contributed by atoms with Gasteiger partial charge in [0.05, 0.1) is 11.6 Å². The van der Waals surface area contributed by atoms with Crippen molar-refractivity contribution in [1.82, 2.24) is 15.1 Å². The summed E-state index contributed by atoms with van der Waals surface area (Å²) < 4.78 is 1.75. The molecule has 100 valence electrons. The molecule has 2 aromatic rings. The molecular weight excluding hydrogens is 262 g/mol. The van der Waals surface area contributed by atoms with E-state index in [0.717, 1.165) is 12.1 Å². The maximum absolute atomic E-state index is 12.0. The first kappa shape index (κ1) is 13.6. The molecule has 0 aliphatic heterocycles. The Morgan fingerprint density at radius 2 is 2.16 bits per heavy atom. The lowest BCUT2D eigenvalue weighted by atomic mass is 10.1. The lowest BCUT2D eigenvalue weighted by molar-refractivity contribution is 0.0950. The maximum Gasteiger partial charge on any atom is 0.251 e. The van der Waals surface area contributed by atoms with Crippen molar-refractivity contribution in [2.45, 2.75) is 26.9 Å². The summed E-state index contributed by atoms with van der Waals surface area (Å²) in [5.74, 6) is -0.111. The van der Waals surface area contributed by atoms with Crippen LogP contribution in [0.5, 0.6) is 0 Å². The van der Waals surface area contributed by atoms with Gasteiger partial charge in [-0.05, 0) is 25.5 Å². The topological polar surface area (TPSA) is 46.9 Å². The Labute approximate surface area is 117 Å². The normalized spacial score (nSPS) is 10.5. The molecule has 0 unspecified atom stereocenters. The average Bonchev–Trinajstić information content (AvgIpc) is 2.77. The molecule has 0 fully saturated rings. The van der Waals surface area contributed by atoms with Gasteiger partial charge in [0.15, 0.2) is 0 Å². The summed E-state index contributed by atoms with van der Waals surface area (Å²) in [5, 5.41) is 7.70. The van der Waals surface area contributed by atoms with Crippen LogP contribution in [0.2, 0.25) is 5.02 Å². The Bertz CT molecular complexity index is 592. The molecule has 0 aliphatic carbocycles. The quantitative estimate of drug-likeness (QED) is 0.934. The number of aryl methyl sites for hydroxylation is 2. The van der Waals surface area contributed by atoms with Gasteiger partial charge in [-0.15, -0.1) is 0 Å². The molecule has 0 radical (unpaired) electrons. The second-order valence-corrected chi connectivity index (χ2v) is 4.68. The summed E-state index contributed by atoms with van der Waals surface area (Å²) in [7, 11) is 0. The van der Waals surface area contributed by atoms with Gasteiger partial charge in [0, 0.05) is 18.3 Å². The Balaban J connectivity index is 2.04. The molecule has 2 rings (SSSR count). The molecule has 1 aromatic heterocycles. The van der Waals surface area contributed by atoms with Crippen LogP contribution < -0.4 is 5.32 Å². The summed E-state index contributed by atoms with van der Waals surface area (Å²) in [4.78, 5) is 12.0. The zero-order valence-corrected chi connectivity index (χ0v) is 11.7. The third kappa shape index (κ3) is 3.15. The highest BCUT2D eigenvalue weighted by Crippen LogP contribution is 2.14. The van der Waals surface area contributed by atoms with Crippen LogP contribution in [0.4, 0.5) is 0 Å². The van der Waals surface area contributed by atoms with Crippen LogP contribution in [-0.2, 0) is 13.1 Å². The van der Waals surface area contributed by atoms with Crippen molar-refractivity contribution in [1.29, 1.82) is 0 Å². The van der Waals surface area contributed by atoms with E-state index < -0.39 is 0 Å². The SMILES string of the molecule is CCn1cc(Cl)c(CNC(=O)c2ccccc2C)n1. The van der Waals surface area contributed by atoms with Crippen LogP contribution >= 0.6 is 11.6 Å². The van der Waals surface area contributed by atoms with Crippen LogP contribution in [0, 0.1) is 6.92 Å². The zero-order chi connectivity index (χ0) is 13.8. The molecule has 0 aliphatic rings. The fraction of sp³-hybridized carbons (Fsp3) is 0.286. The first-order valence-electron chi connectivity index (χ1n) is 6.17. The average molecular weight is 278 g/mol. The van der Waals surface area contributed by atoms with Crippen molar-refractivity contribution >= 4 is 17.5 Å². The maximum atomic E-state index is 12.0. The summed E-state index contributed by atoms with van der Waals surface area (Å²) in [6.45, 7) is 4.98. The molecule has 1 heterocycles. The summed E-state index contributed by atoms with van der Waals surface area (Å²) in [6.07, 6.45) is 1.76. The molecule has 0 saturated carbocycles. The van der Waals surface area contributed by atoms with Crippen LogP contribution in [0.3, 0.4) is 0 Å². The number of rotatable bonds is 4. The van der Waals surface area contributed by atoms with E-state index in [0.29, 0.717) is 22.8 Å². The van der Waals surface area contributed by atoms with Crippen molar-refractivity contribution in [3.8, 4) is 0 Å². The fourth-order valence-corrected chi connectivity index (χ4v) is 2.02. The highest BCUT2D eigenvalue weighted by molar-refractivity contribution is 6.31. The van der Waals surface area contributed by atoms with E-state index >= 15 is 0 Å². The molecule has 0 atom stereocenters. The molecular formula is C14H16ClN3O. The third-order valence-electron chi connectivity index (χ3n) is 2.92. The van der Waals surface area contributed by atoms with Gasteiger partial charge in [0.25, 0.3) is 5.91 Å². The molecule has 1 aromatic carbocycles. The van der Waals surface area contributed by atoms with Gasteiger partial charge in [0.2, 0.25) is 0 Å². The zero-order valence-electron chi connectivity index (χ0n) is 11.0. The van der Waals surface area contributed by atoms with E-state index in [4.69, 9.17) is 11.6 Å². The van der Waals surface area contributed by atoms with E-state index in [-0.39, 0.29) is 5.91 Å². The van der Waals surface area contributed by atoms with E-state index in [1.807, 2.05) is 32.0 Å². The van der Waals surface area contributed by atoms with Gasteiger partial charge in [-0.1, -0.05) is 29.8 Å². The number of amides is 1. The largest absolute Gasteiger partial charge is 0.346 e. The molecule has 0 saturated heterocycles. The van der Waals surface area contributed by atoms with Gasteiger partial charge < -0.3 is 5.32 Å². The van der Waals surface area contributed by atoms with Gasteiger partial charge >= 0.3 is 0 Å². The predicted octanol–water partition coefficient (Wildman–Crippen LogP) is 2.79. The minimum absolute atomic E-state index is 0.111. The summed E-state index contributed by atoms with van der Waals surface area (Å²) >= 11 is 6.05. The Hall–Kier alpha value is -1.81. The first-order valence-corrected chi connectivity index (χ1v) is 6.55. The molecule has 5 heteroatoms. The number of nitrogens with one attached hydrogen (secondary N) is 1. The Morgan fingerprint density at radius 3 is 2.79 bits per heavy atom. The van der Waals surface area contributed by atoms with E-state index in [1.165, 1.54) is 0 Å². The van der Waals surface area contributed by atoms with Crippen molar-refractivity contribution in [3.63, 3.8) is 0 Å². The lowest BCUT2D eigenvalue weighted by Crippen LogP contribution is -2.24. The van der Waals surface area contributed by atoms with Crippen LogP contribution in [-0.4, -0.2) is 15.7 Å². The van der Waals surface area contributed by atoms with Crippen molar-refractivity contribution in [3.05, 3.63) is 52.3 Å². The standard InChI is InChI=1S/C14H16ClN3O/c1-3-18-9-12(15)13(17-18)8-16-14(19)11-7-5-4-6-10(11)2/h4-7,9H,3,8H2,1-2H3,(H,16,19). The number of carbonyl (C=O) groups excluding carboxylic acids is 1.